The van der Waals surface area contributed by atoms with E-state index in [-0.39, 0.29) is 30.7 Å². The molecule has 0 saturated heterocycles. The van der Waals surface area contributed by atoms with Crippen molar-refractivity contribution in [3.8, 4) is 11.5 Å². The molecule has 1 aromatic carbocycles. The first-order chi connectivity index (χ1) is 11.6. The molecular weight excluding hydrogens is 379 g/mol. The summed E-state index contributed by atoms with van der Waals surface area (Å²) in [6.07, 6.45) is 4.55. The van der Waals surface area contributed by atoms with E-state index in [4.69, 9.17) is 15.2 Å². The summed E-state index contributed by atoms with van der Waals surface area (Å²) in [7, 11) is 5.07. The van der Waals surface area contributed by atoms with Gasteiger partial charge in [-0.1, -0.05) is 0 Å². The number of nitrogens with one attached hydrogen (secondary N) is 1. The SMILES string of the molecule is COc1cc(OC)cc(C(NC(=O)CCCN)c2nccn2C)c1.Cl.Cl. The maximum atomic E-state index is 12.2. The van der Waals surface area contributed by atoms with E-state index < -0.39 is 6.04 Å². The highest BCUT2D eigenvalue weighted by molar-refractivity contribution is 5.85. The first-order valence-electron chi connectivity index (χ1n) is 7.78. The van der Waals surface area contributed by atoms with Gasteiger partial charge in [0.25, 0.3) is 0 Å². The van der Waals surface area contributed by atoms with Crippen LogP contribution in [0.2, 0.25) is 0 Å². The Morgan fingerprint density at radius 1 is 1.23 bits per heavy atom. The molecule has 1 amide bonds. The Balaban J connectivity index is 0.00000312. The second kappa shape index (κ2) is 11.6. The van der Waals surface area contributed by atoms with E-state index in [0.29, 0.717) is 30.9 Å². The van der Waals surface area contributed by atoms with Gasteiger partial charge in [-0.2, -0.15) is 0 Å². The fourth-order valence-corrected chi connectivity index (χ4v) is 2.44. The summed E-state index contributed by atoms with van der Waals surface area (Å²) >= 11 is 0. The number of amides is 1. The van der Waals surface area contributed by atoms with Gasteiger partial charge >= 0.3 is 0 Å². The lowest BCUT2D eigenvalue weighted by Gasteiger charge is -2.20. The lowest BCUT2D eigenvalue weighted by molar-refractivity contribution is -0.121. The molecule has 0 radical (unpaired) electrons. The van der Waals surface area contributed by atoms with E-state index in [1.807, 2.05) is 29.9 Å². The summed E-state index contributed by atoms with van der Waals surface area (Å²) in [6.45, 7) is 0.480. The van der Waals surface area contributed by atoms with Crippen LogP contribution in [0.1, 0.15) is 30.3 Å². The Labute approximate surface area is 166 Å². The molecule has 1 atom stereocenters. The molecule has 0 saturated carbocycles. The van der Waals surface area contributed by atoms with Gasteiger partial charge < -0.3 is 25.1 Å². The molecule has 2 aromatic rings. The minimum atomic E-state index is -0.403. The van der Waals surface area contributed by atoms with Crippen LogP contribution in [0, 0.1) is 0 Å². The van der Waals surface area contributed by atoms with Crippen molar-refractivity contribution in [2.45, 2.75) is 18.9 Å². The minimum absolute atomic E-state index is 0. The van der Waals surface area contributed by atoms with Crippen LogP contribution in [0.5, 0.6) is 11.5 Å². The van der Waals surface area contributed by atoms with Crippen LogP contribution in [0.25, 0.3) is 0 Å². The molecule has 0 aliphatic carbocycles. The summed E-state index contributed by atoms with van der Waals surface area (Å²) in [5.41, 5.74) is 6.32. The highest BCUT2D eigenvalue weighted by atomic mass is 35.5. The molecule has 0 bridgehead atoms. The molecule has 1 aromatic heterocycles. The van der Waals surface area contributed by atoms with Gasteiger partial charge in [-0.15, -0.1) is 24.8 Å². The van der Waals surface area contributed by atoms with Gasteiger partial charge in [0.1, 0.15) is 23.4 Å². The van der Waals surface area contributed by atoms with Crippen LogP contribution in [0.15, 0.2) is 30.6 Å². The van der Waals surface area contributed by atoms with Gasteiger partial charge in [0.05, 0.1) is 14.2 Å². The number of hydrogen-bond donors (Lipinski definition) is 2. The monoisotopic (exact) mass is 404 g/mol. The molecule has 0 aliphatic rings. The number of carbonyl (C=O) groups is 1. The smallest absolute Gasteiger partial charge is 0.220 e. The molecule has 7 nitrogen and oxygen atoms in total. The molecule has 2 rings (SSSR count). The van der Waals surface area contributed by atoms with Gasteiger partial charge in [0, 0.05) is 31.9 Å². The molecule has 26 heavy (non-hydrogen) atoms. The molecule has 9 heteroatoms. The molecule has 0 spiro atoms. The van der Waals surface area contributed by atoms with Crippen LogP contribution >= 0.6 is 24.8 Å². The number of aromatic nitrogens is 2. The third-order valence-corrected chi connectivity index (χ3v) is 3.74. The summed E-state index contributed by atoms with van der Waals surface area (Å²) in [5.74, 6) is 1.96. The zero-order valence-corrected chi connectivity index (χ0v) is 16.7. The van der Waals surface area contributed by atoms with Crippen molar-refractivity contribution in [1.29, 1.82) is 0 Å². The number of rotatable bonds is 8. The van der Waals surface area contributed by atoms with E-state index in [2.05, 4.69) is 10.3 Å². The van der Waals surface area contributed by atoms with Crippen molar-refractivity contribution in [3.05, 3.63) is 42.0 Å². The molecule has 3 N–H and O–H groups in total. The summed E-state index contributed by atoms with van der Waals surface area (Å²) in [5, 5.41) is 3.03. The number of halogens is 2. The van der Waals surface area contributed by atoms with Gasteiger partial charge in [-0.3, -0.25) is 4.79 Å². The molecule has 1 heterocycles. The molecule has 146 valence electrons. The standard InChI is InChI=1S/C17H24N4O3.2ClH/c1-21-8-7-19-17(21)16(20-15(22)5-4-6-18)12-9-13(23-2)11-14(10-12)24-3;;/h7-11,16H,4-6,18H2,1-3H3,(H,20,22);2*1H. The van der Waals surface area contributed by atoms with E-state index in [9.17, 15) is 4.79 Å². The lowest BCUT2D eigenvalue weighted by Crippen LogP contribution is -2.31. The number of methoxy groups -OCH3 is 2. The Hall–Kier alpha value is -1.96. The van der Waals surface area contributed by atoms with Crippen molar-refractivity contribution >= 4 is 30.7 Å². The Morgan fingerprint density at radius 3 is 2.31 bits per heavy atom. The average Bonchev–Trinajstić information content (AvgIpc) is 3.02. The maximum absolute atomic E-state index is 12.2. The highest BCUT2D eigenvalue weighted by Gasteiger charge is 2.22. The first kappa shape index (κ1) is 24.0. The van der Waals surface area contributed by atoms with Crippen LogP contribution in [0.4, 0.5) is 0 Å². The van der Waals surface area contributed by atoms with E-state index in [1.54, 1.807) is 26.5 Å². The van der Waals surface area contributed by atoms with Gasteiger partial charge in [-0.05, 0) is 30.7 Å². The molecule has 0 fully saturated rings. The van der Waals surface area contributed by atoms with Crippen LogP contribution in [-0.2, 0) is 11.8 Å². The Morgan fingerprint density at radius 2 is 1.85 bits per heavy atom. The predicted octanol–water partition coefficient (Wildman–Crippen LogP) is 2.23. The normalized spacial score (nSPS) is 10.9. The van der Waals surface area contributed by atoms with Crippen molar-refractivity contribution in [3.63, 3.8) is 0 Å². The zero-order valence-electron chi connectivity index (χ0n) is 15.1. The third-order valence-electron chi connectivity index (χ3n) is 3.74. The lowest BCUT2D eigenvalue weighted by atomic mass is 10.0. The fourth-order valence-electron chi connectivity index (χ4n) is 2.44. The van der Waals surface area contributed by atoms with Crippen LogP contribution in [-0.4, -0.2) is 36.2 Å². The predicted molar refractivity (Wildman–Crippen MR) is 106 cm³/mol. The third kappa shape index (κ3) is 6.09. The van der Waals surface area contributed by atoms with Crippen molar-refractivity contribution < 1.29 is 14.3 Å². The van der Waals surface area contributed by atoms with Crippen molar-refractivity contribution in [2.24, 2.45) is 12.8 Å². The van der Waals surface area contributed by atoms with Crippen LogP contribution in [0.3, 0.4) is 0 Å². The molecule has 0 aliphatic heterocycles. The van der Waals surface area contributed by atoms with E-state index >= 15 is 0 Å². The first-order valence-corrected chi connectivity index (χ1v) is 7.78. The quantitative estimate of drug-likeness (QED) is 0.703. The second-order valence-electron chi connectivity index (χ2n) is 5.44. The topological polar surface area (TPSA) is 91.4 Å². The van der Waals surface area contributed by atoms with Gasteiger partial charge in [0.15, 0.2) is 0 Å². The van der Waals surface area contributed by atoms with Gasteiger partial charge in [-0.25, -0.2) is 4.98 Å². The molecule has 1 unspecified atom stereocenters. The van der Waals surface area contributed by atoms with Crippen molar-refractivity contribution in [1.82, 2.24) is 14.9 Å². The number of carbonyl (C=O) groups excluding carboxylic acids is 1. The number of nitrogens with zero attached hydrogens (tertiary/aromatic N) is 2. The number of imidazole rings is 1. The Kier molecular flexibility index (Phi) is 10.7. The Bertz CT molecular complexity index is 672. The number of hydrogen-bond acceptors (Lipinski definition) is 5. The highest BCUT2D eigenvalue weighted by Crippen LogP contribution is 2.29. The van der Waals surface area contributed by atoms with E-state index in [0.717, 1.165) is 11.4 Å². The number of aryl methyl sites for hydroxylation is 1. The number of ether oxygens (including phenoxy) is 2. The zero-order chi connectivity index (χ0) is 17.5. The fraction of sp³-hybridized carbons (Fsp3) is 0.412. The average molecular weight is 405 g/mol. The molecular formula is C17H26Cl2N4O3. The minimum Gasteiger partial charge on any atom is -0.497 e. The number of nitrogens with two attached hydrogens (primary N) is 1. The van der Waals surface area contributed by atoms with Crippen LogP contribution < -0.4 is 20.5 Å². The summed E-state index contributed by atoms with van der Waals surface area (Å²) in [4.78, 5) is 16.6. The summed E-state index contributed by atoms with van der Waals surface area (Å²) in [6, 6.07) is 5.12. The van der Waals surface area contributed by atoms with Gasteiger partial charge in [0.2, 0.25) is 5.91 Å². The van der Waals surface area contributed by atoms with E-state index in [1.165, 1.54) is 0 Å². The summed E-state index contributed by atoms with van der Waals surface area (Å²) < 4.78 is 12.5. The number of benzene rings is 1. The maximum Gasteiger partial charge on any atom is 0.220 e. The second-order valence-corrected chi connectivity index (χ2v) is 5.44. The largest absolute Gasteiger partial charge is 0.497 e. The van der Waals surface area contributed by atoms with Crippen molar-refractivity contribution in [2.75, 3.05) is 20.8 Å².